The van der Waals surface area contributed by atoms with Crippen molar-refractivity contribution < 1.29 is 73.1 Å². The van der Waals surface area contributed by atoms with Gasteiger partial charge in [-0.25, -0.2) is 0 Å². The fourth-order valence-electron chi connectivity index (χ4n) is 8.93. The Hall–Kier alpha value is -1.58. The van der Waals surface area contributed by atoms with E-state index in [4.69, 9.17) is 42.7 Å². The molecule has 0 aromatic carbocycles. The summed E-state index contributed by atoms with van der Waals surface area (Å²) in [5, 5.41) is 63.6. The van der Waals surface area contributed by atoms with Crippen LogP contribution in [0.3, 0.4) is 0 Å². The minimum Gasteiger partial charge on any atom is -0.459 e. The molecular weight excluding hydrogens is 760 g/mol. The van der Waals surface area contributed by atoms with Crippen molar-refractivity contribution in [1.29, 1.82) is 0 Å². The number of esters is 1. The largest absolute Gasteiger partial charge is 0.459 e. The molecule has 3 rings (SSSR count). The number of cyclic esters (lactones) is 1. The van der Waals surface area contributed by atoms with Gasteiger partial charge >= 0.3 is 5.97 Å². The topological polar surface area (TPSA) is 217 Å². The van der Waals surface area contributed by atoms with Gasteiger partial charge in [-0.2, -0.15) is 0 Å². The van der Waals surface area contributed by atoms with Gasteiger partial charge in [-0.15, -0.1) is 0 Å². The summed E-state index contributed by atoms with van der Waals surface area (Å²) in [5.41, 5.74) is -4.49. The standard InChI is InChI=1S/C41H76N2O15/c1-15-29-41(10,49)34(45)24(4)31(42-53-21-52-17-16-50-13)22(2)19-39(8,48)36(58-38-32(44)28(43(11)12)18-23(3)54-38)25(5)33(26(6)37(47)56-29)57-30-20-40(9,51-14)35(46)27(7)55-30/h22-30,32-36,38,44-46,48-49H,15-21H2,1-14H3/b42-31+/t22-,23?,24?,25+,26?,27?,28?,29-,30+,32-,33+,34?,35+,36-,38?,39-,40-,41-/m1/s1. The van der Waals surface area contributed by atoms with Gasteiger partial charge in [-0.1, -0.05) is 32.9 Å². The molecule has 3 aliphatic heterocycles. The van der Waals surface area contributed by atoms with E-state index in [0.717, 1.165) is 0 Å². The van der Waals surface area contributed by atoms with Crippen molar-refractivity contribution in [2.45, 2.75) is 179 Å². The fourth-order valence-corrected chi connectivity index (χ4v) is 8.93. The summed E-state index contributed by atoms with van der Waals surface area (Å²) in [6.07, 6.45) is -9.49. The third kappa shape index (κ3) is 12.1. The molecule has 0 aromatic heterocycles. The molecule has 0 radical (unpaired) electrons. The normalized spacial score (nSPS) is 45.8. The first-order chi connectivity index (χ1) is 27.0. The molecule has 0 aromatic rings. The lowest BCUT2D eigenvalue weighted by Gasteiger charge is -2.49. The predicted octanol–water partition coefficient (Wildman–Crippen LogP) is 2.21. The van der Waals surface area contributed by atoms with Crippen molar-refractivity contribution in [2.75, 3.05) is 48.3 Å². The number of aliphatic hydroxyl groups is 5. The van der Waals surface area contributed by atoms with Gasteiger partial charge in [0.1, 0.15) is 23.9 Å². The zero-order valence-electron chi connectivity index (χ0n) is 37.3. The lowest BCUT2D eigenvalue weighted by atomic mass is 9.73. The molecule has 0 saturated carbocycles. The van der Waals surface area contributed by atoms with E-state index in [1.165, 1.54) is 14.0 Å². The van der Waals surface area contributed by atoms with Crippen molar-refractivity contribution in [2.24, 2.45) is 28.8 Å². The Morgan fingerprint density at radius 1 is 0.897 bits per heavy atom. The summed E-state index contributed by atoms with van der Waals surface area (Å²) in [5.74, 6) is -4.14. The molecule has 0 amide bonds. The number of carbonyl (C=O) groups is 1. The molecule has 7 unspecified atom stereocenters. The number of methoxy groups -OCH3 is 2. The highest BCUT2D eigenvalue weighted by atomic mass is 16.7. The third-order valence-corrected chi connectivity index (χ3v) is 12.6. The van der Waals surface area contributed by atoms with E-state index in [-0.39, 0.29) is 44.8 Å². The van der Waals surface area contributed by atoms with Gasteiger partial charge in [0.05, 0.1) is 66.6 Å². The molecule has 17 heteroatoms. The molecule has 0 spiro atoms. The van der Waals surface area contributed by atoms with Crippen LogP contribution in [0.25, 0.3) is 0 Å². The molecule has 5 N–H and O–H groups in total. The highest BCUT2D eigenvalue weighted by Crippen LogP contribution is 2.41. The Morgan fingerprint density at radius 3 is 2.14 bits per heavy atom. The van der Waals surface area contributed by atoms with Crippen molar-refractivity contribution >= 4 is 11.7 Å². The molecule has 3 fully saturated rings. The Labute approximate surface area is 345 Å². The first-order valence-electron chi connectivity index (χ1n) is 20.8. The van der Waals surface area contributed by atoms with Gasteiger partial charge < -0.3 is 73.2 Å². The van der Waals surface area contributed by atoms with Crippen LogP contribution in [-0.4, -0.2) is 175 Å². The first kappa shape index (κ1) is 50.8. The van der Waals surface area contributed by atoms with Crippen LogP contribution in [0, 0.1) is 23.7 Å². The van der Waals surface area contributed by atoms with E-state index < -0.39 is 102 Å². The van der Waals surface area contributed by atoms with E-state index in [1.54, 1.807) is 55.6 Å². The van der Waals surface area contributed by atoms with Crippen molar-refractivity contribution in [3.63, 3.8) is 0 Å². The Balaban J connectivity index is 2.22. The second kappa shape index (κ2) is 21.5. The van der Waals surface area contributed by atoms with Gasteiger partial charge in [0.2, 0.25) is 6.79 Å². The van der Waals surface area contributed by atoms with E-state index in [2.05, 4.69) is 5.16 Å². The number of hydrogen-bond donors (Lipinski definition) is 5. The Kier molecular flexibility index (Phi) is 18.8. The number of ether oxygens (including phenoxy) is 8. The number of aliphatic hydroxyl groups excluding tert-OH is 3. The number of hydrogen-bond acceptors (Lipinski definition) is 17. The van der Waals surface area contributed by atoms with Crippen LogP contribution in [0.5, 0.6) is 0 Å². The minimum absolute atomic E-state index is 0.0307. The van der Waals surface area contributed by atoms with Gasteiger partial charge in [-0.3, -0.25) is 4.79 Å². The molecule has 3 saturated heterocycles. The highest BCUT2D eigenvalue weighted by Gasteiger charge is 2.53. The molecule has 340 valence electrons. The van der Waals surface area contributed by atoms with Crippen LogP contribution < -0.4 is 0 Å². The fraction of sp³-hybridized carbons (Fsp3) is 0.951. The number of carbonyl (C=O) groups excluding carboxylic acids is 1. The smallest absolute Gasteiger partial charge is 0.311 e. The average molecular weight is 837 g/mol. The Bertz CT molecular complexity index is 1300. The predicted molar refractivity (Wildman–Crippen MR) is 212 cm³/mol. The van der Waals surface area contributed by atoms with E-state index >= 15 is 0 Å². The SMILES string of the molecule is CC[C@H]1OC(=O)C(C)[C@@H](O[C@H]2C[C@@](C)(OC)[C@@H](O)C(C)O2)[C@H](C)[C@@H](OC2OC(C)CC(N(C)C)[C@H]2O)[C@](C)(O)C[C@@H](C)/C(=N\OCOCCOC)C(C)C(O)[C@]1(C)O. The monoisotopic (exact) mass is 837 g/mol. The lowest BCUT2D eigenvalue weighted by Crippen LogP contribution is -2.61. The van der Waals surface area contributed by atoms with Crippen molar-refractivity contribution in [3.05, 3.63) is 0 Å². The van der Waals surface area contributed by atoms with Crippen molar-refractivity contribution in [3.8, 4) is 0 Å². The van der Waals surface area contributed by atoms with Gasteiger partial charge in [-0.05, 0) is 74.9 Å². The maximum atomic E-state index is 14.3. The molecule has 17 nitrogen and oxygen atoms in total. The molecule has 0 aliphatic carbocycles. The number of likely N-dealkylation sites (N-methyl/N-ethyl adjacent to an activating group) is 1. The summed E-state index contributed by atoms with van der Waals surface area (Å²) in [6, 6.07) is -0.328. The van der Waals surface area contributed by atoms with Crippen LogP contribution in [0.15, 0.2) is 5.16 Å². The lowest BCUT2D eigenvalue weighted by molar-refractivity contribution is -0.317. The maximum Gasteiger partial charge on any atom is 0.311 e. The minimum atomic E-state index is -1.97. The number of nitrogens with zero attached hydrogens (tertiary/aromatic N) is 2. The van der Waals surface area contributed by atoms with Gasteiger partial charge in [0.15, 0.2) is 12.6 Å². The number of oxime groups is 1. The third-order valence-electron chi connectivity index (χ3n) is 12.6. The zero-order valence-corrected chi connectivity index (χ0v) is 37.3. The quantitative estimate of drug-likeness (QED) is 0.0778. The molecule has 18 atom stereocenters. The highest BCUT2D eigenvalue weighted by molar-refractivity contribution is 5.88. The summed E-state index contributed by atoms with van der Waals surface area (Å²) < 4.78 is 48.1. The van der Waals surface area contributed by atoms with Crippen LogP contribution in [0.4, 0.5) is 0 Å². The maximum absolute atomic E-state index is 14.3. The molecular formula is C41H76N2O15. The average Bonchev–Trinajstić information content (AvgIpc) is 3.15. The van der Waals surface area contributed by atoms with E-state index in [9.17, 15) is 30.3 Å². The number of rotatable bonds is 13. The Morgan fingerprint density at radius 2 is 1.55 bits per heavy atom. The van der Waals surface area contributed by atoms with Crippen LogP contribution in [-0.2, 0) is 47.5 Å². The van der Waals surface area contributed by atoms with Crippen LogP contribution in [0.2, 0.25) is 0 Å². The van der Waals surface area contributed by atoms with Gasteiger partial charge in [0.25, 0.3) is 0 Å². The summed E-state index contributed by atoms with van der Waals surface area (Å²) in [7, 11) is 6.76. The molecule has 3 heterocycles. The molecule has 58 heavy (non-hydrogen) atoms. The molecule has 3 aliphatic rings. The molecule has 0 bridgehead atoms. The van der Waals surface area contributed by atoms with Crippen LogP contribution in [0.1, 0.15) is 94.9 Å². The second-order valence-electron chi connectivity index (χ2n) is 17.7. The van der Waals surface area contributed by atoms with Gasteiger partial charge in [0, 0.05) is 44.4 Å². The summed E-state index contributed by atoms with van der Waals surface area (Å²) >= 11 is 0. The van der Waals surface area contributed by atoms with E-state index in [0.29, 0.717) is 18.7 Å². The van der Waals surface area contributed by atoms with Crippen molar-refractivity contribution in [1.82, 2.24) is 4.90 Å². The summed E-state index contributed by atoms with van der Waals surface area (Å²) in [4.78, 5) is 21.8. The summed E-state index contributed by atoms with van der Waals surface area (Å²) in [6.45, 7) is 17.3. The first-order valence-corrected chi connectivity index (χ1v) is 20.8. The second-order valence-corrected chi connectivity index (χ2v) is 17.7. The van der Waals surface area contributed by atoms with E-state index in [1.807, 2.05) is 32.8 Å². The zero-order chi connectivity index (χ0) is 43.9. The van der Waals surface area contributed by atoms with Crippen LogP contribution >= 0.6 is 0 Å².